The van der Waals surface area contributed by atoms with Crippen LogP contribution in [0.2, 0.25) is 0 Å². The lowest BCUT2D eigenvalue weighted by Gasteiger charge is -2.40. The third kappa shape index (κ3) is 4.16. The SMILES string of the molecule is O=C(NC1CC1)c1ccc(N2[C@@H]3CC[C@H]2CC(NC(=O)C2(Oc4ccccc4)CC2)C3)nc1. The van der Waals surface area contributed by atoms with Crippen molar-refractivity contribution in [1.29, 1.82) is 0 Å². The van der Waals surface area contributed by atoms with Crippen molar-refractivity contribution in [2.75, 3.05) is 4.90 Å². The highest BCUT2D eigenvalue weighted by atomic mass is 16.5. The van der Waals surface area contributed by atoms with Crippen molar-refractivity contribution in [3.05, 3.63) is 54.2 Å². The van der Waals surface area contributed by atoms with E-state index in [1.165, 1.54) is 0 Å². The van der Waals surface area contributed by atoms with Gasteiger partial charge in [0.05, 0.1) is 5.56 Å². The number of benzene rings is 1. The second-order valence-corrected chi connectivity index (χ2v) is 10.00. The minimum Gasteiger partial charge on any atom is -0.477 e. The Morgan fingerprint density at radius 1 is 0.909 bits per heavy atom. The molecule has 2 bridgehead atoms. The van der Waals surface area contributed by atoms with Crippen molar-refractivity contribution in [1.82, 2.24) is 15.6 Å². The van der Waals surface area contributed by atoms with Gasteiger partial charge >= 0.3 is 0 Å². The number of amides is 2. The fourth-order valence-electron chi connectivity index (χ4n) is 5.36. The molecule has 1 aromatic heterocycles. The Balaban J connectivity index is 1.08. The molecule has 0 spiro atoms. The normalized spacial score (nSPS) is 27.0. The van der Waals surface area contributed by atoms with Crippen LogP contribution in [0.5, 0.6) is 5.75 Å². The van der Waals surface area contributed by atoms with Crippen LogP contribution in [0.4, 0.5) is 5.82 Å². The van der Waals surface area contributed by atoms with E-state index in [0.29, 0.717) is 23.7 Å². The number of para-hydroxylation sites is 1. The number of pyridine rings is 1. The van der Waals surface area contributed by atoms with Crippen LogP contribution in [0, 0.1) is 0 Å². The summed E-state index contributed by atoms with van der Waals surface area (Å²) in [5.41, 5.74) is -0.0797. The van der Waals surface area contributed by atoms with E-state index in [-0.39, 0.29) is 17.9 Å². The van der Waals surface area contributed by atoms with Crippen molar-refractivity contribution in [2.45, 2.75) is 81.1 Å². The van der Waals surface area contributed by atoms with Crippen LogP contribution in [0.25, 0.3) is 0 Å². The molecule has 1 unspecified atom stereocenters. The monoisotopic (exact) mass is 446 g/mol. The largest absolute Gasteiger partial charge is 0.477 e. The van der Waals surface area contributed by atoms with E-state index in [1.54, 1.807) is 6.20 Å². The zero-order valence-corrected chi connectivity index (χ0v) is 18.7. The van der Waals surface area contributed by atoms with Gasteiger partial charge in [-0.05, 0) is 62.8 Å². The highest BCUT2D eigenvalue weighted by Gasteiger charge is 2.54. The lowest BCUT2D eigenvalue weighted by Crippen LogP contribution is -2.53. The molecule has 33 heavy (non-hydrogen) atoms. The second-order valence-electron chi connectivity index (χ2n) is 10.00. The maximum Gasteiger partial charge on any atom is 0.264 e. The molecule has 2 aliphatic heterocycles. The standard InChI is InChI=1S/C26H30N4O3/c31-24(28-18-7-8-18)17-6-11-23(27-16-17)30-20-9-10-21(30)15-19(14-20)29-25(32)26(12-13-26)33-22-4-2-1-3-5-22/h1-6,11,16,18-21H,7-10,12-15H2,(H,28,31)(H,29,32)/t19?,20-,21+. The second kappa shape index (κ2) is 8.04. The lowest BCUT2D eigenvalue weighted by molar-refractivity contribution is -0.130. The summed E-state index contributed by atoms with van der Waals surface area (Å²) < 4.78 is 6.07. The summed E-state index contributed by atoms with van der Waals surface area (Å²) in [6.07, 6.45) is 9.41. The van der Waals surface area contributed by atoms with E-state index in [1.807, 2.05) is 42.5 Å². The molecule has 2 aliphatic carbocycles. The van der Waals surface area contributed by atoms with Gasteiger partial charge in [-0.25, -0.2) is 4.98 Å². The van der Waals surface area contributed by atoms with E-state index < -0.39 is 5.60 Å². The zero-order chi connectivity index (χ0) is 22.4. The minimum absolute atomic E-state index is 0.0216. The first-order valence-electron chi connectivity index (χ1n) is 12.2. The van der Waals surface area contributed by atoms with E-state index in [0.717, 1.165) is 62.9 Å². The van der Waals surface area contributed by atoms with Crippen LogP contribution in [-0.2, 0) is 4.79 Å². The van der Waals surface area contributed by atoms with Crippen molar-refractivity contribution in [2.24, 2.45) is 0 Å². The molecule has 1 aromatic carbocycles. The molecular formula is C26H30N4O3. The number of hydrogen-bond donors (Lipinski definition) is 2. The molecule has 3 atom stereocenters. The predicted octanol–water partition coefficient (Wildman–Crippen LogP) is 3.20. The summed E-state index contributed by atoms with van der Waals surface area (Å²) >= 11 is 0. The van der Waals surface area contributed by atoms with Crippen LogP contribution in [0.3, 0.4) is 0 Å². The third-order valence-corrected chi connectivity index (χ3v) is 7.43. The van der Waals surface area contributed by atoms with Crippen molar-refractivity contribution in [3.8, 4) is 5.75 Å². The third-order valence-electron chi connectivity index (χ3n) is 7.43. The summed E-state index contributed by atoms with van der Waals surface area (Å²) in [5, 5.41) is 6.31. The Bertz CT molecular complexity index is 1020. The first-order valence-corrected chi connectivity index (χ1v) is 12.2. The van der Waals surface area contributed by atoms with Gasteiger partial charge in [-0.1, -0.05) is 18.2 Å². The van der Waals surface area contributed by atoms with Crippen molar-refractivity contribution in [3.63, 3.8) is 0 Å². The van der Waals surface area contributed by atoms with Gasteiger partial charge in [-0.15, -0.1) is 0 Å². The quantitative estimate of drug-likeness (QED) is 0.683. The fraction of sp³-hybridized carbons (Fsp3) is 0.500. The van der Waals surface area contributed by atoms with Crippen LogP contribution in [0.15, 0.2) is 48.7 Å². The van der Waals surface area contributed by atoms with Crippen LogP contribution < -0.4 is 20.3 Å². The Morgan fingerprint density at radius 3 is 2.24 bits per heavy atom. The number of carbonyl (C=O) groups excluding carboxylic acids is 2. The predicted molar refractivity (Wildman–Crippen MR) is 124 cm³/mol. The van der Waals surface area contributed by atoms with Crippen LogP contribution in [0.1, 0.15) is 61.7 Å². The Labute approximate surface area is 193 Å². The Hall–Kier alpha value is -3.09. The molecule has 2 amide bonds. The maximum absolute atomic E-state index is 13.1. The number of ether oxygens (including phenoxy) is 1. The van der Waals surface area contributed by atoms with E-state index in [4.69, 9.17) is 4.74 Å². The first kappa shape index (κ1) is 20.5. The van der Waals surface area contributed by atoms with Gasteiger partial charge in [0.15, 0.2) is 5.60 Å². The van der Waals surface area contributed by atoms with Crippen molar-refractivity contribution < 1.29 is 14.3 Å². The summed E-state index contributed by atoms with van der Waals surface area (Å²) in [7, 11) is 0. The molecule has 4 fully saturated rings. The number of carbonyl (C=O) groups is 2. The van der Waals surface area contributed by atoms with E-state index >= 15 is 0 Å². The lowest BCUT2D eigenvalue weighted by atomic mass is 9.96. The van der Waals surface area contributed by atoms with Gasteiger partial charge in [0.1, 0.15) is 11.6 Å². The van der Waals surface area contributed by atoms with Crippen LogP contribution >= 0.6 is 0 Å². The molecule has 172 valence electrons. The van der Waals surface area contributed by atoms with Crippen molar-refractivity contribution >= 4 is 17.6 Å². The molecule has 4 aliphatic rings. The highest BCUT2D eigenvalue weighted by molar-refractivity contribution is 5.94. The fourth-order valence-corrected chi connectivity index (χ4v) is 5.36. The summed E-state index contributed by atoms with van der Waals surface area (Å²) in [6, 6.07) is 14.7. The molecule has 6 rings (SSSR count). The smallest absolute Gasteiger partial charge is 0.264 e. The molecule has 2 saturated carbocycles. The van der Waals surface area contributed by atoms with Gasteiger partial charge < -0.3 is 20.3 Å². The molecule has 2 aromatic rings. The van der Waals surface area contributed by atoms with E-state index in [2.05, 4.69) is 20.5 Å². The summed E-state index contributed by atoms with van der Waals surface area (Å²) in [6.45, 7) is 0. The number of nitrogens with one attached hydrogen (secondary N) is 2. The molecule has 2 saturated heterocycles. The van der Waals surface area contributed by atoms with Crippen LogP contribution in [-0.4, -0.2) is 46.6 Å². The topological polar surface area (TPSA) is 83.6 Å². The number of nitrogens with zero attached hydrogens (tertiary/aromatic N) is 2. The number of fused-ring (bicyclic) bond motifs is 2. The summed E-state index contributed by atoms with van der Waals surface area (Å²) in [5.74, 6) is 1.67. The average molecular weight is 447 g/mol. The molecular weight excluding hydrogens is 416 g/mol. The van der Waals surface area contributed by atoms with E-state index in [9.17, 15) is 9.59 Å². The number of rotatable bonds is 7. The minimum atomic E-state index is -0.698. The first-order chi connectivity index (χ1) is 16.1. The molecule has 7 heteroatoms. The summed E-state index contributed by atoms with van der Waals surface area (Å²) in [4.78, 5) is 32.4. The molecule has 0 radical (unpaired) electrons. The Kier molecular flexibility index (Phi) is 5.00. The highest BCUT2D eigenvalue weighted by Crippen LogP contribution is 2.42. The van der Waals surface area contributed by atoms with Gasteiger partial charge in [-0.2, -0.15) is 0 Å². The molecule has 3 heterocycles. The maximum atomic E-state index is 13.1. The van der Waals surface area contributed by atoms with Gasteiger partial charge in [0, 0.05) is 43.2 Å². The number of hydrogen-bond acceptors (Lipinski definition) is 5. The molecule has 7 nitrogen and oxygen atoms in total. The number of aromatic nitrogens is 1. The van der Waals surface area contributed by atoms with Gasteiger partial charge in [0.25, 0.3) is 11.8 Å². The van der Waals surface area contributed by atoms with Gasteiger partial charge in [0.2, 0.25) is 0 Å². The zero-order valence-electron chi connectivity index (χ0n) is 18.7. The van der Waals surface area contributed by atoms with Gasteiger partial charge in [-0.3, -0.25) is 9.59 Å². The number of piperidine rings is 1. The molecule has 2 N–H and O–H groups in total. The Morgan fingerprint density at radius 2 is 1.64 bits per heavy atom. The average Bonchev–Trinajstić information content (AvgIpc) is 3.75. The number of anilines is 1.